The summed E-state index contributed by atoms with van der Waals surface area (Å²) in [6.45, 7) is -0.392. The first kappa shape index (κ1) is 11.1. The van der Waals surface area contributed by atoms with Crippen molar-refractivity contribution in [3.8, 4) is 18.1 Å². The van der Waals surface area contributed by atoms with Gasteiger partial charge in [-0.2, -0.15) is 0 Å². The van der Waals surface area contributed by atoms with Crippen LogP contribution in [0, 0.1) is 12.3 Å². The number of rotatable bonds is 4. The summed E-state index contributed by atoms with van der Waals surface area (Å²) >= 11 is 0. The summed E-state index contributed by atoms with van der Waals surface area (Å²) in [7, 11) is 0. The van der Waals surface area contributed by atoms with Crippen molar-refractivity contribution in [1.29, 1.82) is 0 Å². The molecule has 0 heterocycles. The van der Waals surface area contributed by atoms with Gasteiger partial charge in [-0.05, 0) is 17.7 Å². The van der Waals surface area contributed by atoms with E-state index in [-0.39, 0.29) is 0 Å². The van der Waals surface area contributed by atoms with Gasteiger partial charge in [-0.1, -0.05) is 18.1 Å². The molecule has 0 amide bonds. The fourth-order valence-corrected chi connectivity index (χ4v) is 0.988. The average Bonchev–Trinajstić information content (AvgIpc) is 2.26. The minimum atomic E-state index is -1.04. The number of terminal acetylenes is 1. The molecule has 0 aliphatic carbocycles. The van der Waals surface area contributed by atoms with Crippen LogP contribution < -0.4 is 4.74 Å². The van der Waals surface area contributed by atoms with Gasteiger partial charge < -0.3 is 14.9 Å². The lowest BCUT2D eigenvalue weighted by Gasteiger charge is -2.06. The quantitative estimate of drug-likeness (QED) is 0.715. The van der Waals surface area contributed by atoms with E-state index < -0.39 is 18.7 Å². The maximum Gasteiger partial charge on any atom is 0.341 e. The maximum atomic E-state index is 10.2. The Kier molecular flexibility index (Phi) is 3.72. The molecule has 4 nitrogen and oxygen atoms in total. The minimum Gasteiger partial charge on any atom is -0.482 e. The van der Waals surface area contributed by atoms with Gasteiger partial charge in [0.05, 0.1) is 0 Å². The molecular formula is C11H10O4. The normalized spacial score (nSPS) is 11.5. The van der Waals surface area contributed by atoms with Crippen molar-refractivity contribution in [2.45, 2.75) is 6.10 Å². The number of carbonyl (C=O) groups is 1. The zero-order valence-electron chi connectivity index (χ0n) is 7.88. The third kappa shape index (κ3) is 3.33. The summed E-state index contributed by atoms with van der Waals surface area (Å²) in [5.74, 6) is 1.55. The van der Waals surface area contributed by atoms with Crippen LogP contribution >= 0.6 is 0 Å². The fourth-order valence-electron chi connectivity index (χ4n) is 0.988. The van der Waals surface area contributed by atoms with E-state index in [1.165, 1.54) is 0 Å². The number of carboxylic acid groups (broad SMARTS) is 1. The average molecular weight is 206 g/mol. The molecule has 0 saturated carbocycles. The Morgan fingerprint density at radius 1 is 1.47 bits per heavy atom. The van der Waals surface area contributed by atoms with Gasteiger partial charge in [0.15, 0.2) is 6.61 Å². The highest BCUT2D eigenvalue weighted by atomic mass is 16.5. The Labute approximate surface area is 87.1 Å². The molecule has 1 aromatic carbocycles. The smallest absolute Gasteiger partial charge is 0.341 e. The fraction of sp³-hybridized carbons (Fsp3) is 0.182. The summed E-state index contributed by atoms with van der Waals surface area (Å²) in [6, 6.07) is 6.28. The number of aliphatic hydroxyl groups excluding tert-OH is 1. The third-order valence-corrected chi connectivity index (χ3v) is 1.72. The molecule has 0 spiro atoms. The van der Waals surface area contributed by atoms with E-state index in [1.807, 2.05) is 0 Å². The second kappa shape index (κ2) is 5.03. The monoisotopic (exact) mass is 206 g/mol. The van der Waals surface area contributed by atoms with Gasteiger partial charge in [0.1, 0.15) is 11.9 Å². The number of hydrogen-bond acceptors (Lipinski definition) is 3. The second-order valence-electron chi connectivity index (χ2n) is 2.82. The SMILES string of the molecule is C#CC(O)c1ccc(OCC(=O)O)cc1. The Morgan fingerprint density at radius 3 is 2.53 bits per heavy atom. The van der Waals surface area contributed by atoms with Crippen LogP contribution in [0.1, 0.15) is 11.7 Å². The zero-order valence-corrected chi connectivity index (χ0v) is 7.88. The predicted octanol–water partition coefficient (Wildman–Crippen LogP) is 0.817. The summed E-state index contributed by atoms with van der Waals surface area (Å²) in [6.07, 6.45) is 4.09. The van der Waals surface area contributed by atoms with Crippen molar-refractivity contribution in [2.75, 3.05) is 6.61 Å². The molecule has 15 heavy (non-hydrogen) atoms. The molecule has 0 aromatic heterocycles. The molecule has 0 radical (unpaired) electrons. The summed E-state index contributed by atoms with van der Waals surface area (Å²) in [4.78, 5) is 10.2. The van der Waals surface area contributed by atoms with Gasteiger partial charge in [0.2, 0.25) is 0 Å². The van der Waals surface area contributed by atoms with E-state index in [0.717, 1.165) is 0 Å². The number of carboxylic acids is 1. The number of hydrogen-bond donors (Lipinski definition) is 2. The molecule has 78 valence electrons. The Morgan fingerprint density at radius 2 is 2.07 bits per heavy atom. The van der Waals surface area contributed by atoms with E-state index >= 15 is 0 Å². The zero-order chi connectivity index (χ0) is 11.3. The van der Waals surface area contributed by atoms with Gasteiger partial charge in [-0.25, -0.2) is 4.79 Å². The topological polar surface area (TPSA) is 66.8 Å². The minimum absolute atomic E-state index is 0.392. The van der Waals surface area contributed by atoms with Crippen molar-refractivity contribution in [1.82, 2.24) is 0 Å². The van der Waals surface area contributed by atoms with E-state index in [9.17, 15) is 9.90 Å². The highest BCUT2D eigenvalue weighted by molar-refractivity contribution is 5.68. The van der Waals surface area contributed by atoms with Crippen LogP contribution in [0.15, 0.2) is 24.3 Å². The molecule has 4 heteroatoms. The van der Waals surface area contributed by atoms with Gasteiger partial charge in [-0.3, -0.25) is 0 Å². The first-order valence-electron chi connectivity index (χ1n) is 4.22. The van der Waals surface area contributed by atoms with Crippen LogP contribution in [0.25, 0.3) is 0 Å². The van der Waals surface area contributed by atoms with Crippen LogP contribution in [0.3, 0.4) is 0 Å². The Balaban J connectivity index is 2.65. The molecule has 0 saturated heterocycles. The van der Waals surface area contributed by atoms with E-state index in [0.29, 0.717) is 11.3 Å². The van der Waals surface area contributed by atoms with Crippen molar-refractivity contribution in [2.24, 2.45) is 0 Å². The van der Waals surface area contributed by atoms with Crippen LogP contribution in [0.4, 0.5) is 0 Å². The van der Waals surface area contributed by atoms with Gasteiger partial charge >= 0.3 is 5.97 Å². The molecule has 1 unspecified atom stereocenters. The molecule has 1 rings (SSSR count). The van der Waals surface area contributed by atoms with E-state index in [1.54, 1.807) is 24.3 Å². The first-order valence-corrected chi connectivity index (χ1v) is 4.22. The summed E-state index contributed by atoms with van der Waals surface area (Å²) < 4.78 is 4.90. The third-order valence-electron chi connectivity index (χ3n) is 1.72. The molecule has 1 aromatic rings. The van der Waals surface area contributed by atoms with Crippen molar-refractivity contribution in [3.05, 3.63) is 29.8 Å². The van der Waals surface area contributed by atoms with Crippen LogP contribution in [-0.4, -0.2) is 22.8 Å². The number of aliphatic carboxylic acids is 1. The second-order valence-corrected chi connectivity index (χ2v) is 2.82. The lowest BCUT2D eigenvalue weighted by Crippen LogP contribution is -2.09. The molecule has 1 atom stereocenters. The molecule has 0 bridgehead atoms. The lowest BCUT2D eigenvalue weighted by molar-refractivity contribution is -0.139. The first-order chi connectivity index (χ1) is 7.13. The predicted molar refractivity (Wildman–Crippen MR) is 53.4 cm³/mol. The molecule has 0 aliphatic heterocycles. The van der Waals surface area contributed by atoms with E-state index in [2.05, 4.69) is 5.92 Å². The molecule has 2 N–H and O–H groups in total. The van der Waals surface area contributed by atoms with Crippen LogP contribution in [0.2, 0.25) is 0 Å². The highest BCUT2D eigenvalue weighted by Gasteiger charge is 2.03. The Bertz CT molecular complexity index is 375. The molecule has 0 fully saturated rings. The molecular weight excluding hydrogens is 196 g/mol. The highest BCUT2D eigenvalue weighted by Crippen LogP contribution is 2.16. The van der Waals surface area contributed by atoms with Crippen molar-refractivity contribution >= 4 is 5.97 Å². The van der Waals surface area contributed by atoms with Gasteiger partial charge in [0.25, 0.3) is 0 Å². The summed E-state index contributed by atoms with van der Waals surface area (Å²) in [5, 5.41) is 17.6. The lowest BCUT2D eigenvalue weighted by atomic mass is 10.1. The molecule has 0 aliphatic rings. The Hall–Kier alpha value is -1.99. The number of benzene rings is 1. The van der Waals surface area contributed by atoms with Crippen LogP contribution in [0.5, 0.6) is 5.75 Å². The van der Waals surface area contributed by atoms with Crippen molar-refractivity contribution < 1.29 is 19.7 Å². The maximum absolute atomic E-state index is 10.2. The van der Waals surface area contributed by atoms with Gasteiger partial charge in [0, 0.05) is 0 Å². The summed E-state index contributed by atoms with van der Waals surface area (Å²) in [5.41, 5.74) is 0.570. The number of ether oxygens (including phenoxy) is 1. The van der Waals surface area contributed by atoms with Crippen LogP contribution in [-0.2, 0) is 4.79 Å². The standard InChI is InChI=1S/C11H10O4/c1-2-10(12)8-3-5-9(6-4-8)15-7-11(13)14/h1,3-6,10,12H,7H2,(H,13,14). The van der Waals surface area contributed by atoms with E-state index in [4.69, 9.17) is 16.3 Å². The number of aliphatic hydroxyl groups is 1. The van der Waals surface area contributed by atoms with Gasteiger partial charge in [-0.15, -0.1) is 6.42 Å². The largest absolute Gasteiger partial charge is 0.482 e. The van der Waals surface area contributed by atoms with Crippen molar-refractivity contribution in [3.63, 3.8) is 0 Å².